The topological polar surface area (TPSA) is 0 Å². The smallest absolute Gasteiger partial charge is 0.00168 e. The molecule has 98 valence electrons. The molecule has 0 aromatic rings. The highest BCUT2D eigenvalue weighted by molar-refractivity contribution is 7.80. The second kappa shape index (κ2) is 7.63. The predicted molar refractivity (Wildman–Crippen MR) is 79.3 cm³/mol. The maximum absolute atomic E-state index is 4.64. The van der Waals surface area contributed by atoms with Gasteiger partial charge in [0.1, 0.15) is 0 Å². The van der Waals surface area contributed by atoms with Crippen LogP contribution in [0.2, 0.25) is 0 Å². The lowest BCUT2D eigenvalue weighted by atomic mass is 9.67. The number of rotatable bonds is 8. The highest BCUT2D eigenvalue weighted by Gasteiger charge is 2.32. The second-order valence-electron chi connectivity index (χ2n) is 5.82. The summed E-state index contributed by atoms with van der Waals surface area (Å²) in [6.07, 6.45) is 6.42. The summed E-state index contributed by atoms with van der Waals surface area (Å²) in [5, 5.41) is 0.584. The average Bonchev–Trinajstić information content (AvgIpc) is 2.27. The fraction of sp³-hybridized carbons (Fsp3) is 1.00. The Kier molecular flexibility index (Phi) is 7.80. The minimum atomic E-state index is 0.523. The number of thiol groups is 1. The predicted octanol–water partition coefficient (Wildman–Crippen LogP) is 5.57. The van der Waals surface area contributed by atoms with Crippen LogP contribution < -0.4 is 0 Å². The van der Waals surface area contributed by atoms with E-state index in [0.717, 1.165) is 11.8 Å². The Hall–Kier alpha value is 0.350. The molecule has 0 rings (SSSR count). The lowest BCUT2D eigenvalue weighted by molar-refractivity contribution is 0.117. The molecular weight excluding hydrogens is 212 g/mol. The monoisotopic (exact) mass is 244 g/mol. The minimum Gasteiger partial charge on any atom is -0.176 e. The molecule has 0 aliphatic heterocycles. The molecule has 0 N–H and O–H groups in total. The molecule has 0 aliphatic carbocycles. The highest BCUT2D eigenvalue weighted by Crippen LogP contribution is 2.41. The third kappa shape index (κ3) is 4.69. The van der Waals surface area contributed by atoms with Gasteiger partial charge in [-0.05, 0) is 36.5 Å². The molecule has 0 spiro atoms. The third-order valence-electron chi connectivity index (χ3n) is 4.70. The molecule has 1 heteroatoms. The first-order valence-corrected chi connectivity index (χ1v) is 7.60. The summed E-state index contributed by atoms with van der Waals surface area (Å²) in [4.78, 5) is 0. The molecule has 0 aromatic carbocycles. The molecule has 0 aromatic heterocycles. The Morgan fingerprint density at radius 3 is 2.06 bits per heavy atom. The summed E-state index contributed by atoms with van der Waals surface area (Å²) < 4.78 is 0. The summed E-state index contributed by atoms with van der Waals surface area (Å²) in [5.74, 6) is 1.59. The van der Waals surface area contributed by atoms with Crippen LogP contribution in [0, 0.1) is 17.3 Å². The van der Waals surface area contributed by atoms with Crippen molar-refractivity contribution in [3.8, 4) is 0 Å². The molecule has 4 atom stereocenters. The largest absolute Gasteiger partial charge is 0.176 e. The van der Waals surface area contributed by atoms with E-state index in [1.54, 1.807) is 0 Å². The van der Waals surface area contributed by atoms with Crippen LogP contribution in [-0.2, 0) is 0 Å². The van der Waals surface area contributed by atoms with Crippen LogP contribution in [0.3, 0.4) is 0 Å². The zero-order chi connectivity index (χ0) is 12.8. The Labute approximate surface area is 109 Å². The Morgan fingerprint density at radius 1 is 1.12 bits per heavy atom. The van der Waals surface area contributed by atoms with Gasteiger partial charge in [0.15, 0.2) is 0 Å². The van der Waals surface area contributed by atoms with Crippen molar-refractivity contribution in [2.24, 2.45) is 17.3 Å². The van der Waals surface area contributed by atoms with Gasteiger partial charge in [0.05, 0.1) is 0 Å². The van der Waals surface area contributed by atoms with Crippen LogP contribution in [0.5, 0.6) is 0 Å². The van der Waals surface area contributed by atoms with E-state index in [1.165, 1.54) is 32.1 Å². The fourth-order valence-corrected chi connectivity index (χ4v) is 3.12. The van der Waals surface area contributed by atoms with Crippen LogP contribution >= 0.6 is 12.6 Å². The van der Waals surface area contributed by atoms with Crippen molar-refractivity contribution in [3.05, 3.63) is 0 Å². The zero-order valence-electron chi connectivity index (χ0n) is 12.2. The molecule has 0 heterocycles. The van der Waals surface area contributed by atoms with E-state index in [1.807, 2.05) is 0 Å². The van der Waals surface area contributed by atoms with Gasteiger partial charge in [-0.2, -0.15) is 12.6 Å². The molecule has 0 nitrogen and oxygen atoms in total. The van der Waals surface area contributed by atoms with Crippen LogP contribution in [-0.4, -0.2) is 5.25 Å². The van der Waals surface area contributed by atoms with Gasteiger partial charge in [0, 0.05) is 5.25 Å². The van der Waals surface area contributed by atoms with Gasteiger partial charge in [-0.15, -0.1) is 0 Å². The highest BCUT2D eigenvalue weighted by atomic mass is 32.1. The summed E-state index contributed by atoms with van der Waals surface area (Å²) in [7, 11) is 0. The van der Waals surface area contributed by atoms with Crippen molar-refractivity contribution in [2.75, 3.05) is 0 Å². The van der Waals surface area contributed by atoms with Crippen LogP contribution in [0.1, 0.15) is 73.6 Å². The summed E-state index contributed by atoms with van der Waals surface area (Å²) >= 11 is 4.64. The van der Waals surface area contributed by atoms with Crippen molar-refractivity contribution in [3.63, 3.8) is 0 Å². The normalized spacial score (nSPS) is 21.2. The zero-order valence-corrected chi connectivity index (χ0v) is 13.1. The quantitative estimate of drug-likeness (QED) is 0.530. The first-order chi connectivity index (χ1) is 7.41. The molecule has 4 unspecified atom stereocenters. The maximum atomic E-state index is 4.64. The Bertz CT molecular complexity index is 178. The van der Waals surface area contributed by atoms with Gasteiger partial charge in [-0.3, -0.25) is 0 Å². The molecule has 0 radical (unpaired) electrons. The van der Waals surface area contributed by atoms with E-state index >= 15 is 0 Å². The first-order valence-electron chi connectivity index (χ1n) is 7.09. The van der Waals surface area contributed by atoms with Gasteiger partial charge in [-0.25, -0.2) is 0 Å². The fourth-order valence-electron chi connectivity index (χ4n) is 2.78. The van der Waals surface area contributed by atoms with E-state index < -0.39 is 0 Å². The lowest BCUT2D eigenvalue weighted by Crippen LogP contribution is -2.30. The van der Waals surface area contributed by atoms with E-state index in [-0.39, 0.29) is 0 Å². The standard InChI is InChI=1S/C15H32S/c1-7-10-15(6,9-3)13(5)12(4)11-14(16)8-2/h12-14,16H,7-11H2,1-6H3. The van der Waals surface area contributed by atoms with Gasteiger partial charge in [-0.1, -0.05) is 54.4 Å². The van der Waals surface area contributed by atoms with Crippen molar-refractivity contribution < 1.29 is 0 Å². The summed E-state index contributed by atoms with van der Waals surface area (Å²) in [6.45, 7) is 14.2. The van der Waals surface area contributed by atoms with Crippen LogP contribution in [0.15, 0.2) is 0 Å². The SMILES string of the molecule is CCCC(C)(CC)C(C)C(C)CC(S)CC. The van der Waals surface area contributed by atoms with Gasteiger partial charge in [0.25, 0.3) is 0 Å². The molecule has 16 heavy (non-hydrogen) atoms. The summed E-state index contributed by atoms with van der Waals surface area (Å²) in [5.41, 5.74) is 0.523. The van der Waals surface area contributed by atoms with Crippen molar-refractivity contribution in [1.29, 1.82) is 0 Å². The van der Waals surface area contributed by atoms with Crippen molar-refractivity contribution >= 4 is 12.6 Å². The van der Waals surface area contributed by atoms with Gasteiger partial charge < -0.3 is 0 Å². The third-order valence-corrected chi connectivity index (χ3v) is 5.27. The second-order valence-corrected chi connectivity index (χ2v) is 6.55. The van der Waals surface area contributed by atoms with E-state index in [0.29, 0.717) is 10.7 Å². The number of hydrogen-bond acceptors (Lipinski definition) is 1. The van der Waals surface area contributed by atoms with Gasteiger partial charge in [0.2, 0.25) is 0 Å². The van der Waals surface area contributed by atoms with Crippen molar-refractivity contribution in [2.45, 2.75) is 78.9 Å². The van der Waals surface area contributed by atoms with E-state index in [4.69, 9.17) is 0 Å². The average molecular weight is 244 g/mol. The summed E-state index contributed by atoms with van der Waals surface area (Å²) in [6, 6.07) is 0. The molecule has 0 fully saturated rings. The Balaban J connectivity index is 4.42. The maximum Gasteiger partial charge on any atom is 0.00168 e. The van der Waals surface area contributed by atoms with Crippen LogP contribution in [0.25, 0.3) is 0 Å². The Morgan fingerprint density at radius 2 is 1.69 bits per heavy atom. The van der Waals surface area contributed by atoms with Crippen LogP contribution in [0.4, 0.5) is 0 Å². The molecule has 0 aliphatic rings. The minimum absolute atomic E-state index is 0.523. The van der Waals surface area contributed by atoms with Gasteiger partial charge >= 0.3 is 0 Å². The molecule has 0 saturated carbocycles. The lowest BCUT2D eigenvalue weighted by Gasteiger charge is -2.39. The number of hydrogen-bond donors (Lipinski definition) is 1. The molecule has 0 bridgehead atoms. The molecule has 0 saturated heterocycles. The van der Waals surface area contributed by atoms with Crippen molar-refractivity contribution in [1.82, 2.24) is 0 Å². The molecular formula is C15H32S. The first kappa shape index (κ1) is 16.4. The molecule has 0 amide bonds. The van der Waals surface area contributed by atoms with E-state index in [9.17, 15) is 0 Å². The van der Waals surface area contributed by atoms with E-state index in [2.05, 4.69) is 54.2 Å².